The molecule has 0 N–H and O–H groups in total. The summed E-state index contributed by atoms with van der Waals surface area (Å²) in [7, 11) is 0. The summed E-state index contributed by atoms with van der Waals surface area (Å²) in [6.45, 7) is 8.12. The van der Waals surface area contributed by atoms with Crippen LogP contribution in [0.3, 0.4) is 0 Å². The van der Waals surface area contributed by atoms with Crippen LogP contribution in [0.1, 0.15) is 70.8 Å². The Balaban J connectivity index is 1.90. The molecule has 0 saturated heterocycles. The molecule has 172 valence electrons. The lowest BCUT2D eigenvalue weighted by molar-refractivity contribution is -0.138. The molecule has 1 aromatic heterocycles. The molecule has 1 fully saturated rings. The molecule has 0 radical (unpaired) electrons. The Morgan fingerprint density at radius 2 is 1.78 bits per heavy atom. The maximum Gasteiger partial charge on any atom is 0.355 e. The highest BCUT2D eigenvalue weighted by Crippen LogP contribution is 2.30. The average Bonchev–Trinajstić information content (AvgIpc) is 2.97. The largest absolute Gasteiger partial charge is 0.461 e. The summed E-state index contributed by atoms with van der Waals surface area (Å²) in [5.41, 5.74) is 2.87. The van der Waals surface area contributed by atoms with E-state index in [9.17, 15) is 18.8 Å². The van der Waals surface area contributed by atoms with Crippen molar-refractivity contribution >= 4 is 17.7 Å². The molecule has 1 aliphatic carbocycles. The quantitative estimate of drug-likeness (QED) is 0.425. The van der Waals surface area contributed by atoms with E-state index >= 15 is 0 Å². The standard InChI is InChI=1S/C25H31FN2O4/c1-5-28-17(4)22(16(3)23(28)25(31)32-6-2)21(29)15-27(24(30)19-8-7-9-19)14-18-10-12-20(26)13-11-18/h10-13,19H,5-9,14-15H2,1-4H3. The lowest BCUT2D eigenvalue weighted by Gasteiger charge is -2.31. The fraction of sp³-hybridized carbons (Fsp3) is 0.480. The highest BCUT2D eigenvalue weighted by molar-refractivity contribution is 6.04. The van der Waals surface area contributed by atoms with Crippen molar-refractivity contribution in [3.8, 4) is 0 Å². The number of hydrogen-bond donors (Lipinski definition) is 0. The molecule has 2 aromatic rings. The molecular weight excluding hydrogens is 411 g/mol. The summed E-state index contributed by atoms with van der Waals surface area (Å²) in [4.78, 5) is 40.6. The van der Waals surface area contributed by atoms with E-state index in [0.29, 0.717) is 29.1 Å². The van der Waals surface area contributed by atoms with Gasteiger partial charge in [-0.3, -0.25) is 9.59 Å². The van der Waals surface area contributed by atoms with Gasteiger partial charge in [0.1, 0.15) is 11.5 Å². The number of carbonyl (C=O) groups is 3. The van der Waals surface area contributed by atoms with E-state index in [1.54, 1.807) is 35.4 Å². The number of Topliss-reactive ketones (excluding diaryl/α,β-unsaturated/α-hetero) is 1. The summed E-state index contributed by atoms with van der Waals surface area (Å²) in [6, 6.07) is 5.96. The molecule has 0 spiro atoms. The zero-order valence-corrected chi connectivity index (χ0v) is 19.2. The Labute approximate surface area is 188 Å². The van der Waals surface area contributed by atoms with Gasteiger partial charge in [0.2, 0.25) is 5.91 Å². The number of aromatic nitrogens is 1. The van der Waals surface area contributed by atoms with E-state index in [0.717, 1.165) is 24.8 Å². The number of amides is 1. The van der Waals surface area contributed by atoms with Gasteiger partial charge >= 0.3 is 5.97 Å². The minimum absolute atomic E-state index is 0.0511. The van der Waals surface area contributed by atoms with Gasteiger partial charge in [0, 0.05) is 30.3 Å². The van der Waals surface area contributed by atoms with Crippen LogP contribution >= 0.6 is 0 Å². The van der Waals surface area contributed by atoms with Gasteiger partial charge in [-0.2, -0.15) is 0 Å². The van der Waals surface area contributed by atoms with Crippen molar-refractivity contribution in [2.45, 2.75) is 60.0 Å². The lowest BCUT2D eigenvalue weighted by Crippen LogP contribution is -2.41. The zero-order chi connectivity index (χ0) is 23.4. The molecular formula is C25H31FN2O4. The number of rotatable bonds is 9. The summed E-state index contributed by atoms with van der Waals surface area (Å²) in [6.07, 6.45) is 2.66. The SMILES string of the molecule is CCOC(=O)c1c(C)c(C(=O)CN(Cc2ccc(F)cc2)C(=O)C2CCC2)c(C)n1CC. The number of nitrogens with zero attached hydrogens (tertiary/aromatic N) is 2. The van der Waals surface area contributed by atoms with Crippen LogP contribution in [-0.2, 0) is 22.6 Å². The van der Waals surface area contributed by atoms with Crippen LogP contribution in [0.2, 0.25) is 0 Å². The van der Waals surface area contributed by atoms with Gasteiger partial charge in [0.25, 0.3) is 0 Å². The van der Waals surface area contributed by atoms with Crippen LogP contribution in [0.5, 0.6) is 0 Å². The molecule has 0 bridgehead atoms. The zero-order valence-electron chi connectivity index (χ0n) is 19.2. The van der Waals surface area contributed by atoms with E-state index in [4.69, 9.17) is 4.74 Å². The number of ether oxygens (including phenoxy) is 1. The van der Waals surface area contributed by atoms with E-state index in [-0.39, 0.29) is 43.1 Å². The third kappa shape index (κ3) is 4.76. The molecule has 0 atom stereocenters. The third-order valence-electron chi connectivity index (χ3n) is 6.22. The Bertz CT molecular complexity index is 1010. The second kappa shape index (κ2) is 10.1. The van der Waals surface area contributed by atoms with Crippen LogP contribution in [0.4, 0.5) is 4.39 Å². The van der Waals surface area contributed by atoms with Crippen LogP contribution < -0.4 is 0 Å². The fourth-order valence-electron chi connectivity index (χ4n) is 4.35. The van der Waals surface area contributed by atoms with Crippen molar-refractivity contribution in [2.24, 2.45) is 5.92 Å². The van der Waals surface area contributed by atoms with Crippen LogP contribution in [-0.4, -0.2) is 40.3 Å². The highest BCUT2D eigenvalue weighted by Gasteiger charge is 2.32. The number of carbonyl (C=O) groups excluding carboxylic acids is 3. The fourth-order valence-corrected chi connectivity index (χ4v) is 4.35. The molecule has 1 saturated carbocycles. The van der Waals surface area contributed by atoms with Crippen LogP contribution in [0.25, 0.3) is 0 Å². The Morgan fingerprint density at radius 3 is 2.31 bits per heavy atom. The Hall–Kier alpha value is -2.96. The van der Waals surface area contributed by atoms with Crippen molar-refractivity contribution < 1.29 is 23.5 Å². The van der Waals surface area contributed by atoms with Gasteiger partial charge in [0.05, 0.1) is 13.2 Å². The molecule has 1 aromatic carbocycles. The van der Waals surface area contributed by atoms with E-state index in [2.05, 4.69) is 0 Å². The summed E-state index contributed by atoms with van der Waals surface area (Å²) < 4.78 is 20.3. The third-order valence-corrected chi connectivity index (χ3v) is 6.22. The van der Waals surface area contributed by atoms with Crippen molar-refractivity contribution in [2.75, 3.05) is 13.2 Å². The number of hydrogen-bond acceptors (Lipinski definition) is 4. The monoisotopic (exact) mass is 442 g/mol. The van der Waals surface area contributed by atoms with E-state index in [1.807, 2.05) is 13.8 Å². The topological polar surface area (TPSA) is 68.6 Å². The molecule has 0 unspecified atom stereocenters. The summed E-state index contributed by atoms with van der Waals surface area (Å²) >= 11 is 0. The van der Waals surface area contributed by atoms with Gasteiger partial charge in [-0.15, -0.1) is 0 Å². The second-order valence-corrected chi connectivity index (χ2v) is 8.27. The first-order valence-electron chi connectivity index (χ1n) is 11.2. The van der Waals surface area contributed by atoms with E-state index in [1.165, 1.54) is 12.1 Å². The van der Waals surface area contributed by atoms with E-state index < -0.39 is 5.97 Å². The number of benzene rings is 1. The minimum atomic E-state index is -0.456. The molecule has 32 heavy (non-hydrogen) atoms. The maximum absolute atomic E-state index is 13.4. The van der Waals surface area contributed by atoms with Gasteiger partial charge in [-0.1, -0.05) is 18.6 Å². The second-order valence-electron chi connectivity index (χ2n) is 8.27. The smallest absolute Gasteiger partial charge is 0.355 e. The molecule has 0 aliphatic heterocycles. The Morgan fingerprint density at radius 1 is 1.12 bits per heavy atom. The van der Waals surface area contributed by atoms with Crippen molar-refractivity contribution in [3.05, 3.63) is 58.2 Å². The normalized spacial score (nSPS) is 13.5. The molecule has 1 amide bonds. The number of halogens is 1. The molecule has 1 aliphatic rings. The van der Waals surface area contributed by atoms with Gasteiger partial charge in [-0.05, 0) is 63.8 Å². The predicted octanol–water partition coefficient (Wildman–Crippen LogP) is 4.45. The molecule has 3 rings (SSSR count). The average molecular weight is 443 g/mol. The highest BCUT2D eigenvalue weighted by atomic mass is 19.1. The van der Waals surface area contributed by atoms with Crippen molar-refractivity contribution in [1.82, 2.24) is 9.47 Å². The van der Waals surface area contributed by atoms with Crippen LogP contribution in [0.15, 0.2) is 24.3 Å². The minimum Gasteiger partial charge on any atom is -0.461 e. The predicted molar refractivity (Wildman–Crippen MR) is 119 cm³/mol. The molecule has 1 heterocycles. The number of ketones is 1. The van der Waals surface area contributed by atoms with Crippen molar-refractivity contribution in [3.63, 3.8) is 0 Å². The first-order valence-corrected chi connectivity index (χ1v) is 11.2. The van der Waals surface area contributed by atoms with Gasteiger partial charge in [0.15, 0.2) is 5.78 Å². The summed E-state index contributed by atoms with van der Waals surface area (Å²) in [5, 5.41) is 0. The molecule has 6 nitrogen and oxygen atoms in total. The first-order chi connectivity index (χ1) is 15.3. The van der Waals surface area contributed by atoms with Gasteiger partial charge in [-0.25, -0.2) is 9.18 Å². The molecule has 7 heteroatoms. The first kappa shape index (κ1) is 23.7. The van der Waals surface area contributed by atoms with Crippen LogP contribution in [0, 0.1) is 25.6 Å². The Kier molecular flexibility index (Phi) is 7.48. The summed E-state index contributed by atoms with van der Waals surface area (Å²) in [5.74, 6) is -1.14. The van der Waals surface area contributed by atoms with Gasteiger partial charge < -0.3 is 14.2 Å². The number of esters is 1. The lowest BCUT2D eigenvalue weighted by atomic mass is 9.84. The maximum atomic E-state index is 13.4. The van der Waals surface area contributed by atoms with Crippen molar-refractivity contribution in [1.29, 1.82) is 0 Å².